The third kappa shape index (κ3) is 37.3. The number of amides is 15. The van der Waals surface area contributed by atoms with Gasteiger partial charge in [0.1, 0.15) is 84.3 Å². The summed E-state index contributed by atoms with van der Waals surface area (Å²) in [5.74, 6) is -17.6. The van der Waals surface area contributed by atoms with Crippen molar-refractivity contribution in [1.82, 2.24) is 99.9 Å². The van der Waals surface area contributed by atoms with Gasteiger partial charge in [0, 0.05) is 56.6 Å². The van der Waals surface area contributed by atoms with Gasteiger partial charge in [-0.15, -0.1) is 0 Å². The van der Waals surface area contributed by atoms with Gasteiger partial charge in [0.05, 0.1) is 43.4 Å². The fraction of sp³-hybridized carbons (Fsp3) is 0.588. The fourth-order valence-electron chi connectivity index (χ4n) is 13.1. The van der Waals surface area contributed by atoms with Crippen molar-refractivity contribution in [1.29, 1.82) is 10.8 Å². The van der Waals surface area contributed by atoms with Gasteiger partial charge in [0.25, 0.3) is 0 Å². The lowest BCUT2D eigenvalue weighted by Crippen LogP contribution is -2.63. The molecular weight excluding hydrogens is 1700 g/mol. The van der Waals surface area contributed by atoms with Crippen molar-refractivity contribution in [2.45, 2.75) is 235 Å². The Morgan fingerprint density at radius 1 is 0.504 bits per heavy atom. The number of aromatic hydroxyl groups is 1. The number of phenolic OH excluding ortho intramolecular Hbond substituents is 1. The van der Waals surface area contributed by atoms with Crippen LogP contribution in [0.3, 0.4) is 0 Å². The summed E-state index contributed by atoms with van der Waals surface area (Å²) in [6.45, 7) is 9.34. The molecule has 0 radical (unpaired) electrons. The maximum Gasteiger partial charge on any atom is 0.327 e. The minimum atomic E-state index is -1.90. The number of carbonyl (C=O) groups excluding carboxylic acids is 15. The minimum absolute atomic E-state index is 0.0264. The molecule has 1 saturated heterocycles. The maximum atomic E-state index is 14.7. The van der Waals surface area contributed by atoms with Gasteiger partial charge in [-0.05, 0) is 120 Å². The average molecular weight is 1820 g/mol. The van der Waals surface area contributed by atoms with Crippen LogP contribution >= 0.6 is 25.3 Å². The first-order valence-corrected chi connectivity index (χ1v) is 43.1. The number of nitrogens with one attached hydrogen (secondary N) is 19. The number of carboxylic acids is 1. The highest BCUT2D eigenvalue weighted by atomic mass is 32.1. The number of guanidine groups is 2. The number of nitrogens with two attached hydrogens (primary N) is 4. The Bertz CT molecular complexity index is 4180. The second-order valence-corrected chi connectivity index (χ2v) is 31.7. The zero-order chi connectivity index (χ0) is 94.7. The van der Waals surface area contributed by atoms with Crippen molar-refractivity contribution in [2.24, 2.45) is 34.8 Å². The molecule has 1 aliphatic rings. The van der Waals surface area contributed by atoms with Crippen LogP contribution in [0.25, 0.3) is 0 Å². The van der Waals surface area contributed by atoms with Crippen LogP contribution in [0, 0.1) is 22.7 Å². The molecule has 18 atom stereocenters. The molecule has 0 bridgehead atoms. The molecule has 0 spiro atoms. The van der Waals surface area contributed by atoms with Gasteiger partial charge < -0.3 is 138 Å². The molecule has 0 aliphatic carbocycles. The molecule has 47 heteroatoms. The highest BCUT2D eigenvalue weighted by Gasteiger charge is 2.41. The number of aromatic nitrogens is 2. The summed E-state index contributed by atoms with van der Waals surface area (Å²) in [7, 11) is 0. The molecule has 704 valence electrons. The van der Waals surface area contributed by atoms with E-state index in [9.17, 15) is 97.1 Å². The summed E-state index contributed by atoms with van der Waals surface area (Å²) in [6, 6.07) is -6.66. The second kappa shape index (κ2) is 55.5. The number of thiol groups is 2. The molecule has 127 heavy (non-hydrogen) atoms. The summed E-state index contributed by atoms with van der Waals surface area (Å²) in [5, 5.41) is 96.8. The largest absolute Gasteiger partial charge is 0.508 e. The van der Waals surface area contributed by atoms with E-state index in [0.717, 1.165) is 13.8 Å². The van der Waals surface area contributed by atoms with Gasteiger partial charge in [-0.3, -0.25) is 82.7 Å². The van der Waals surface area contributed by atoms with Gasteiger partial charge in [0.2, 0.25) is 88.6 Å². The van der Waals surface area contributed by atoms with Crippen LogP contribution in [-0.4, -0.2) is 289 Å². The molecule has 15 amide bonds. The lowest BCUT2D eigenvalue weighted by Gasteiger charge is -2.30. The monoisotopic (exact) mass is 1820 g/mol. The number of aliphatic carboxylic acids is 1. The zero-order valence-corrected chi connectivity index (χ0v) is 74.0. The van der Waals surface area contributed by atoms with E-state index < -0.39 is 222 Å². The number of aliphatic hydroxyl groups is 2. The number of aromatic amines is 1. The Morgan fingerprint density at radius 3 is 1.46 bits per heavy atom. The lowest BCUT2D eigenvalue weighted by molar-refractivity contribution is -0.142. The van der Waals surface area contributed by atoms with Crippen molar-refractivity contribution in [3.05, 3.63) is 83.9 Å². The SMILES string of the molecule is CC[C@H](C)[C@H](NC(=O)[C@H](Cc1c[nH]cn1)NC(=O)[C@@H](NC(=O)[C@H](CCCNC(=N)N)NC(=O)[C@H](CCCCN)NC(=O)[C@@H](N)CS)[C@@H](C)CC)C(=O)NCC(=O)N1CCC[C@H]1C(=O)NCC(=O)N[C@@H](CCCNC(=N)N)C(=O)N[C@@H](C)C(=O)N[C@@H](Cc1ccccc1)C(=O)N[C@@H](Cc1ccc(O)cc1)C(=O)N[C@H](C(=O)N[C@H](C(=O)N[C@@H](CS)C(=O)O)[C@@H](C)O)[C@@H](C)O. The number of hydrogen-bond donors (Lipinski definition) is 29. The number of benzene rings is 2. The molecule has 2 heterocycles. The second-order valence-electron chi connectivity index (χ2n) is 31.0. The average Bonchev–Trinajstić information content (AvgIpc) is 1.83. The molecule has 0 unspecified atom stereocenters. The predicted octanol–water partition coefficient (Wildman–Crippen LogP) is -7.02. The molecule has 45 nitrogen and oxygen atoms in total. The van der Waals surface area contributed by atoms with E-state index in [-0.39, 0.29) is 101 Å². The number of carbonyl (C=O) groups is 16. The van der Waals surface area contributed by atoms with Crippen LogP contribution in [0.5, 0.6) is 5.75 Å². The van der Waals surface area contributed by atoms with E-state index >= 15 is 0 Å². The Labute approximate surface area is 746 Å². The quantitative estimate of drug-likeness (QED) is 0.0108. The van der Waals surface area contributed by atoms with Crippen LogP contribution in [0.4, 0.5) is 0 Å². The molecule has 0 saturated carbocycles. The fourth-order valence-corrected chi connectivity index (χ4v) is 13.5. The molecule has 3 aromatic rings. The van der Waals surface area contributed by atoms with Crippen molar-refractivity contribution < 1.29 is 97.1 Å². The van der Waals surface area contributed by atoms with Crippen molar-refractivity contribution in [3.8, 4) is 5.75 Å². The number of H-pyrrole nitrogens is 1. The molecule has 4 rings (SSSR count). The van der Waals surface area contributed by atoms with E-state index in [0.29, 0.717) is 55.5 Å². The van der Waals surface area contributed by atoms with E-state index in [2.05, 4.69) is 120 Å². The molecule has 2 aromatic carbocycles. The number of carboxylic acid groups (broad SMARTS) is 1. The number of likely N-dealkylation sites (tertiary alicyclic amines) is 1. The van der Waals surface area contributed by atoms with Crippen LogP contribution in [0.1, 0.15) is 136 Å². The summed E-state index contributed by atoms with van der Waals surface area (Å²) >= 11 is 8.00. The number of nitrogens with zero attached hydrogens (tertiary/aromatic N) is 2. The number of hydrogen-bond acceptors (Lipinski definition) is 26. The third-order valence-corrected chi connectivity index (χ3v) is 21.6. The minimum Gasteiger partial charge on any atom is -0.508 e. The molecule has 1 fully saturated rings. The third-order valence-electron chi connectivity index (χ3n) is 20.9. The van der Waals surface area contributed by atoms with Crippen LogP contribution < -0.4 is 108 Å². The first kappa shape index (κ1) is 107. The van der Waals surface area contributed by atoms with Crippen molar-refractivity contribution in [2.75, 3.05) is 50.8 Å². The molecule has 1 aliphatic heterocycles. The number of phenols is 1. The highest BCUT2D eigenvalue weighted by Crippen LogP contribution is 2.20. The number of imidazole rings is 1. The Hall–Kier alpha value is -12.0. The predicted molar refractivity (Wildman–Crippen MR) is 471 cm³/mol. The maximum absolute atomic E-state index is 14.7. The van der Waals surface area contributed by atoms with Gasteiger partial charge in [-0.2, -0.15) is 25.3 Å². The lowest BCUT2D eigenvalue weighted by atomic mass is 9.96. The van der Waals surface area contributed by atoms with E-state index in [4.69, 9.17) is 33.8 Å². The Morgan fingerprint density at radius 2 is 0.945 bits per heavy atom. The zero-order valence-electron chi connectivity index (χ0n) is 72.2. The molecular formula is C80H127N25O20S2. The first-order chi connectivity index (χ1) is 60.2. The Kier molecular flexibility index (Phi) is 46.9. The summed E-state index contributed by atoms with van der Waals surface area (Å²) < 4.78 is 0. The Balaban J connectivity index is 1.50. The van der Waals surface area contributed by atoms with E-state index in [1.165, 1.54) is 48.6 Å². The molecule has 1 aromatic heterocycles. The first-order valence-electron chi connectivity index (χ1n) is 41.9. The number of aliphatic hydroxyl groups excluding tert-OH is 2. The summed E-state index contributed by atoms with van der Waals surface area (Å²) in [6.07, 6.45) is 0.755. The van der Waals surface area contributed by atoms with Gasteiger partial charge in [-0.1, -0.05) is 83.0 Å². The van der Waals surface area contributed by atoms with E-state index in [1.54, 1.807) is 58.0 Å². The van der Waals surface area contributed by atoms with Crippen LogP contribution in [0.2, 0.25) is 0 Å². The van der Waals surface area contributed by atoms with Gasteiger partial charge in [-0.25, -0.2) is 9.78 Å². The number of rotatable bonds is 56. The van der Waals surface area contributed by atoms with E-state index in [1.807, 2.05) is 0 Å². The summed E-state index contributed by atoms with van der Waals surface area (Å²) in [4.78, 5) is 231. The molecule has 31 N–H and O–H groups in total. The van der Waals surface area contributed by atoms with Gasteiger partial charge >= 0.3 is 5.97 Å². The van der Waals surface area contributed by atoms with Crippen LogP contribution in [-0.2, 0) is 96.0 Å². The van der Waals surface area contributed by atoms with Gasteiger partial charge in [0.15, 0.2) is 11.9 Å². The highest BCUT2D eigenvalue weighted by molar-refractivity contribution is 7.80. The van der Waals surface area contributed by atoms with Crippen molar-refractivity contribution >= 4 is 132 Å². The van der Waals surface area contributed by atoms with Crippen LogP contribution in [0.15, 0.2) is 67.1 Å². The standard InChI is InChI=1S/C80H127N25O20S2/c1-8-41(3)61(101-72(118)56(34-48-35-87-40-92-48)99-75(121)62(42(4)9-2)102-69(115)53(22-16-30-89-80(85)86)96-68(114)52(20-13-14-28-81)95-66(112)50(82)38-126)74(120)91-37-60(110)105-31-17-23-58(105)73(119)90-36-59(109)94-51(21-15-29-88-79(83)84)67(113)93-43(5)65(111)97-54(32-46-18-11-10-12-19-46)70(116)98-55(33-47-24-26-49(108)27-25-47)71(117)103-64(45(7)107)77(123)104-63(44(6)106)76(122)100-57(39-127)78(124)125/h10-12,18-19,24-27,35,40-45,50-58,61-64,106-108,126-127H,8-9,13-17,20-23,28-34,36-39,81-82H2,1-7H3,(H,87,92)(H,90,119)(H,91,120)(H,93,113)(H,94,109)(H,95,112)(H,96,114)(H,97,111)(H,98,116)(H,99,121)(H,100,122)(H,101,118)(H,102,115)(H,103,117)(H,104,123)(H,124,125)(H4,83,84,88)(H4,85,86,89)/t41-,42-,43-,44+,45+,50-,51-,52-,53-,54-,55-,56-,57-,58-,61-,62-,63-,64-/m0/s1. The number of unbranched alkanes of at least 4 members (excludes halogenated alkanes) is 1. The summed E-state index contributed by atoms with van der Waals surface area (Å²) in [5.41, 5.74) is 23.8. The topological polar surface area (TPSA) is 730 Å². The smallest absolute Gasteiger partial charge is 0.327 e. The van der Waals surface area contributed by atoms with Crippen molar-refractivity contribution in [3.63, 3.8) is 0 Å². The normalized spacial score (nSPS) is 16.3.